The minimum absolute atomic E-state index is 0.312. The van der Waals surface area contributed by atoms with E-state index in [9.17, 15) is 4.39 Å². The Kier molecular flexibility index (Phi) is 2.82. The van der Waals surface area contributed by atoms with Crippen LogP contribution in [0.2, 0.25) is 0 Å². The van der Waals surface area contributed by atoms with Crippen molar-refractivity contribution in [1.82, 2.24) is 9.78 Å². The number of nitrogens with two attached hydrogens (primary N) is 1. The minimum atomic E-state index is -0.312. The lowest BCUT2D eigenvalue weighted by atomic mass is 10.1. The molecule has 0 amide bonds. The molecule has 3 aromatic rings. The number of benzene rings is 1. The number of rotatable bonds is 2. The summed E-state index contributed by atoms with van der Waals surface area (Å²) in [6, 6.07) is 8.09. The van der Waals surface area contributed by atoms with E-state index in [1.54, 1.807) is 23.0 Å². The predicted octanol–water partition coefficient (Wildman–Crippen LogP) is 3.47. The van der Waals surface area contributed by atoms with Gasteiger partial charge in [0.1, 0.15) is 23.0 Å². The molecule has 1 aromatic carbocycles. The van der Waals surface area contributed by atoms with E-state index < -0.39 is 0 Å². The molecule has 0 radical (unpaired) electrons. The lowest BCUT2D eigenvalue weighted by molar-refractivity contribution is 0.505. The monoisotopic (exact) mass is 271 g/mol. The van der Waals surface area contributed by atoms with Gasteiger partial charge in [0.2, 0.25) is 0 Å². The summed E-state index contributed by atoms with van der Waals surface area (Å²) in [5, 5.41) is 4.43. The number of anilines is 1. The average molecular weight is 271 g/mol. The van der Waals surface area contributed by atoms with E-state index in [1.165, 1.54) is 12.1 Å². The Morgan fingerprint density at radius 2 is 2.05 bits per heavy atom. The molecule has 20 heavy (non-hydrogen) atoms. The summed E-state index contributed by atoms with van der Waals surface area (Å²) in [4.78, 5) is 0. The van der Waals surface area contributed by atoms with Crippen molar-refractivity contribution in [3.05, 3.63) is 53.9 Å². The maximum absolute atomic E-state index is 13.3. The Bertz CT molecular complexity index is 773. The maximum Gasteiger partial charge on any atom is 0.125 e. The zero-order valence-corrected chi connectivity index (χ0v) is 11.2. The zero-order valence-electron chi connectivity index (χ0n) is 11.2. The van der Waals surface area contributed by atoms with E-state index in [0.29, 0.717) is 17.1 Å². The topological polar surface area (TPSA) is 57.0 Å². The number of furan rings is 1. The highest BCUT2D eigenvalue weighted by molar-refractivity contribution is 5.74. The number of nitrogens with zero attached hydrogens (tertiary/aromatic N) is 2. The number of aromatic nitrogens is 2. The molecule has 0 bridgehead atoms. The Labute approximate surface area is 115 Å². The van der Waals surface area contributed by atoms with E-state index in [4.69, 9.17) is 10.2 Å². The second-order valence-electron chi connectivity index (χ2n) is 4.68. The molecule has 2 aromatic heterocycles. The van der Waals surface area contributed by atoms with E-state index in [2.05, 4.69) is 5.10 Å². The summed E-state index contributed by atoms with van der Waals surface area (Å²) in [6.07, 6.45) is 1.67. The molecule has 0 unspecified atom stereocenters. The van der Waals surface area contributed by atoms with Crippen LogP contribution < -0.4 is 5.73 Å². The first-order valence-corrected chi connectivity index (χ1v) is 6.23. The SMILES string of the molecule is Cc1cc(-c2nn(-c3cccc(F)c3)cc2N)c(C)o1. The van der Waals surface area contributed by atoms with Crippen molar-refractivity contribution in [1.29, 1.82) is 0 Å². The summed E-state index contributed by atoms with van der Waals surface area (Å²) in [7, 11) is 0. The van der Waals surface area contributed by atoms with Crippen molar-refractivity contribution in [3.8, 4) is 16.9 Å². The molecule has 3 rings (SSSR count). The Hall–Kier alpha value is -2.56. The highest BCUT2D eigenvalue weighted by Crippen LogP contribution is 2.30. The molecule has 0 aliphatic heterocycles. The van der Waals surface area contributed by atoms with E-state index in [1.807, 2.05) is 19.9 Å². The van der Waals surface area contributed by atoms with Gasteiger partial charge in [-0.3, -0.25) is 0 Å². The van der Waals surface area contributed by atoms with Crippen molar-refractivity contribution in [2.75, 3.05) is 5.73 Å². The zero-order chi connectivity index (χ0) is 14.3. The van der Waals surface area contributed by atoms with Gasteiger partial charge in [-0.1, -0.05) is 6.07 Å². The average Bonchev–Trinajstić information content (AvgIpc) is 2.92. The minimum Gasteiger partial charge on any atom is -0.466 e. The highest BCUT2D eigenvalue weighted by Gasteiger charge is 2.15. The second-order valence-corrected chi connectivity index (χ2v) is 4.68. The largest absolute Gasteiger partial charge is 0.466 e. The summed E-state index contributed by atoms with van der Waals surface area (Å²) >= 11 is 0. The molecule has 0 spiro atoms. The molecule has 4 nitrogen and oxygen atoms in total. The standard InChI is InChI=1S/C15H14FN3O/c1-9-6-13(10(2)20-9)15-14(17)8-19(18-15)12-5-3-4-11(16)7-12/h3-8H,17H2,1-2H3. The van der Waals surface area contributed by atoms with Crippen molar-refractivity contribution < 1.29 is 8.81 Å². The van der Waals surface area contributed by atoms with Crippen LogP contribution >= 0.6 is 0 Å². The fraction of sp³-hybridized carbons (Fsp3) is 0.133. The lowest BCUT2D eigenvalue weighted by Gasteiger charge is -2.00. The van der Waals surface area contributed by atoms with Gasteiger partial charge in [-0.25, -0.2) is 9.07 Å². The van der Waals surface area contributed by atoms with Crippen molar-refractivity contribution >= 4 is 5.69 Å². The number of hydrogen-bond acceptors (Lipinski definition) is 3. The van der Waals surface area contributed by atoms with Gasteiger partial charge < -0.3 is 10.2 Å². The van der Waals surface area contributed by atoms with Gasteiger partial charge in [-0.05, 0) is 38.1 Å². The third kappa shape index (κ3) is 2.07. The first kappa shape index (κ1) is 12.5. The first-order chi connectivity index (χ1) is 9.54. The fourth-order valence-corrected chi connectivity index (χ4v) is 2.21. The van der Waals surface area contributed by atoms with Crippen LogP contribution in [-0.2, 0) is 0 Å². The van der Waals surface area contributed by atoms with Gasteiger partial charge in [0.15, 0.2) is 0 Å². The van der Waals surface area contributed by atoms with Crippen LogP contribution in [0.5, 0.6) is 0 Å². The summed E-state index contributed by atoms with van der Waals surface area (Å²) in [5.41, 5.74) is 8.66. The first-order valence-electron chi connectivity index (χ1n) is 6.23. The number of halogens is 1. The van der Waals surface area contributed by atoms with Gasteiger partial charge in [-0.2, -0.15) is 5.10 Å². The Morgan fingerprint density at radius 1 is 1.25 bits per heavy atom. The molecule has 0 saturated heterocycles. The van der Waals surface area contributed by atoms with Crippen LogP contribution in [-0.4, -0.2) is 9.78 Å². The van der Waals surface area contributed by atoms with E-state index in [0.717, 1.165) is 17.1 Å². The van der Waals surface area contributed by atoms with Crippen molar-refractivity contribution in [2.45, 2.75) is 13.8 Å². The fourth-order valence-electron chi connectivity index (χ4n) is 2.21. The molecule has 5 heteroatoms. The Morgan fingerprint density at radius 3 is 2.70 bits per heavy atom. The predicted molar refractivity (Wildman–Crippen MR) is 75.1 cm³/mol. The van der Waals surface area contributed by atoms with Gasteiger partial charge in [0, 0.05) is 5.56 Å². The molecule has 0 aliphatic rings. The van der Waals surface area contributed by atoms with Crippen molar-refractivity contribution in [2.24, 2.45) is 0 Å². The summed E-state index contributed by atoms with van der Waals surface area (Å²) in [6.45, 7) is 3.74. The molecular formula is C15H14FN3O. The quantitative estimate of drug-likeness (QED) is 0.776. The number of aryl methyl sites for hydroxylation is 2. The molecule has 2 N–H and O–H groups in total. The van der Waals surface area contributed by atoms with Crippen LogP contribution in [0.3, 0.4) is 0 Å². The molecule has 2 heterocycles. The van der Waals surface area contributed by atoms with Crippen molar-refractivity contribution in [3.63, 3.8) is 0 Å². The van der Waals surface area contributed by atoms with Crippen LogP contribution in [0.4, 0.5) is 10.1 Å². The molecule has 0 saturated carbocycles. The van der Waals surface area contributed by atoms with Crippen LogP contribution in [0.15, 0.2) is 40.9 Å². The molecular weight excluding hydrogens is 257 g/mol. The van der Waals surface area contributed by atoms with Crippen LogP contribution in [0.25, 0.3) is 16.9 Å². The van der Waals surface area contributed by atoms with E-state index in [-0.39, 0.29) is 5.82 Å². The van der Waals surface area contributed by atoms with Gasteiger partial charge >= 0.3 is 0 Å². The number of nitrogen functional groups attached to an aromatic ring is 1. The lowest BCUT2D eigenvalue weighted by Crippen LogP contribution is -1.95. The van der Waals surface area contributed by atoms with Gasteiger partial charge in [0.05, 0.1) is 17.6 Å². The van der Waals surface area contributed by atoms with Gasteiger partial charge in [0.25, 0.3) is 0 Å². The highest BCUT2D eigenvalue weighted by atomic mass is 19.1. The molecule has 0 aliphatic carbocycles. The van der Waals surface area contributed by atoms with Crippen LogP contribution in [0.1, 0.15) is 11.5 Å². The normalized spacial score (nSPS) is 10.9. The van der Waals surface area contributed by atoms with E-state index >= 15 is 0 Å². The molecule has 102 valence electrons. The molecule has 0 atom stereocenters. The summed E-state index contributed by atoms with van der Waals surface area (Å²) < 4.78 is 20.3. The third-order valence-electron chi connectivity index (χ3n) is 3.11. The third-order valence-corrected chi connectivity index (χ3v) is 3.11. The Balaban J connectivity index is 2.10. The maximum atomic E-state index is 13.3. The summed E-state index contributed by atoms with van der Waals surface area (Å²) in [5.74, 6) is 1.25. The van der Waals surface area contributed by atoms with Crippen LogP contribution in [0, 0.1) is 19.7 Å². The smallest absolute Gasteiger partial charge is 0.125 e. The second kappa shape index (κ2) is 4.52. The van der Waals surface area contributed by atoms with Gasteiger partial charge in [-0.15, -0.1) is 0 Å². The molecule has 0 fully saturated rings. The number of hydrogen-bond donors (Lipinski definition) is 1.